The van der Waals surface area contributed by atoms with Gasteiger partial charge in [-0.25, -0.2) is 14.4 Å². The molecule has 1 unspecified atom stereocenters. The predicted molar refractivity (Wildman–Crippen MR) is 102 cm³/mol. The molecular weight excluding hydrogens is 335 g/mol. The van der Waals surface area contributed by atoms with Crippen LogP contribution in [0.1, 0.15) is 26.2 Å². The van der Waals surface area contributed by atoms with Crippen molar-refractivity contribution in [3.8, 4) is 0 Å². The maximum Gasteiger partial charge on any atom is 0.243 e. The second kappa shape index (κ2) is 9.94. The molecule has 1 saturated heterocycles. The van der Waals surface area contributed by atoms with Gasteiger partial charge < -0.3 is 20.4 Å². The Kier molecular flexibility index (Phi) is 7.62. The quantitative estimate of drug-likeness (QED) is 0.432. The number of guanidine groups is 1. The van der Waals surface area contributed by atoms with E-state index in [0.717, 1.165) is 32.4 Å². The molecule has 2 N–H and O–H groups in total. The fourth-order valence-electron chi connectivity index (χ4n) is 2.70. The van der Waals surface area contributed by atoms with Crippen molar-refractivity contribution in [3.63, 3.8) is 0 Å². The smallest absolute Gasteiger partial charge is 0.243 e. The lowest BCUT2D eigenvalue weighted by atomic mass is 10.3. The summed E-state index contributed by atoms with van der Waals surface area (Å²) in [5.41, 5.74) is 0. The third-order valence-electron chi connectivity index (χ3n) is 4.26. The van der Waals surface area contributed by atoms with Gasteiger partial charge in [0.2, 0.25) is 5.91 Å². The van der Waals surface area contributed by atoms with Crippen molar-refractivity contribution in [1.82, 2.24) is 20.5 Å². The molecule has 1 aliphatic rings. The fourth-order valence-corrected chi connectivity index (χ4v) is 2.70. The summed E-state index contributed by atoms with van der Waals surface area (Å²) in [7, 11) is 3.43. The molecule has 1 atom stereocenters. The number of nitrogens with zero attached hydrogens (tertiary/aromatic N) is 4. The molecule has 1 aliphatic heterocycles. The summed E-state index contributed by atoms with van der Waals surface area (Å²) in [6, 6.07) is 3.14. The molecule has 1 fully saturated rings. The average Bonchev–Trinajstić information content (AvgIpc) is 3.08. The average molecular weight is 364 g/mol. The maximum absolute atomic E-state index is 13.9. The van der Waals surface area contributed by atoms with Gasteiger partial charge in [0.1, 0.15) is 6.54 Å². The highest BCUT2D eigenvalue weighted by atomic mass is 19.1. The molecule has 1 aromatic rings. The van der Waals surface area contributed by atoms with E-state index in [9.17, 15) is 9.18 Å². The van der Waals surface area contributed by atoms with Crippen LogP contribution < -0.4 is 15.5 Å². The lowest BCUT2D eigenvalue weighted by Gasteiger charge is -2.20. The van der Waals surface area contributed by atoms with Crippen LogP contribution >= 0.6 is 0 Å². The normalized spacial score (nSPS) is 17.3. The molecule has 2 heterocycles. The Morgan fingerprint density at radius 1 is 1.50 bits per heavy atom. The van der Waals surface area contributed by atoms with Crippen LogP contribution in [0.2, 0.25) is 0 Å². The highest BCUT2D eigenvalue weighted by Crippen LogP contribution is 2.20. The van der Waals surface area contributed by atoms with Crippen LogP contribution in [0.3, 0.4) is 0 Å². The molecule has 1 amide bonds. The molecule has 0 aromatic carbocycles. The number of rotatable bonds is 7. The summed E-state index contributed by atoms with van der Waals surface area (Å²) < 4.78 is 13.9. The van der Waals surface area contributed by atoms with Gasteiger partial charge in [0.15, 0.2) is 17.6 Å². The van der Waals surface area contributed by atoms with Crippen molar-refractivity contribution in [1.29, 1.82) is 0 Å². The fraction of sp³-hybridized carbons (Fsp3) is 0.611. The third kappa shape index (κ3) is 5.86. The summed E-state index contributed by atoms with van der Waals surface area (Å²) in [6.45, 7) is 4.38. The van der Waals surface area contributed by atoms with Gasteiger partial charge in [0.25, 0.3) is 0 Å². The first kappa shape index (κ1) is 19.9. The number of nitrogens with one attached hydrogen (secondary N) is 2. The zero-order valence-electron chi connectivity index (χ0n) is 15.8. The SMILES string of the molecule is CCCCNC(=NCC(=O)N(C)C)NC1CCN(c2ncccc2F)C1. The minimum atomic E-state index is -0.306. The van der Waals surface area contributed by atoms with Crippen molar-refractivity contribution < 1.29 is 9.18 Å². The van der Waals surface area contributed by atoms with Crippen LogP contribution in [-0.4, -0.2) is 68.1 Å². The van der Waals surface area contributed by atoms with Gasteiger partial charge in [-0.15, -0.1) is 0 Å². The van der Waals surface area contributed by atoms with Gasteiger partial charge >= 0.3 is 0 Å². The zero-order valence-corrected chi connectivity index (χ0v) is 15.8. The topological polar surface area (TPSA) is 72.9 Å². The van der Waals surface area contributed by atoms with Crippen LogP contribution in [0.5, 0.6) is 0 Å². The predicted octanol–water partition coefficient (Wildman–Crippen LogP) is 1.22. The number of hydrogen-bond donors (Lipinski definition) is 2. The number of pyridine rings is 1. The summed E-state index contributed by atoms with van der Waals surface area (Å²) in [5.74, 6) is 0.656. The Morgan fingerprint density at radius 2 is 2.31 bits per heavy atom. The minimum absolute atomic E-state index is 0.0507. The van der Waals surface area contributed by atoms with E-state index in [2.05, 4.69) is 27.5 Å². The number of amides is 1. The summed E-state index contributed by atoms with van der Waals surface area (Å²) >= 11 is 0. The molecule has 0 bridgehead atoms. The molecule has 0 spiro atoms. The molecule has 1 aromatic heterocycles. The summed E-state index contributed by atoms with van der Waals surface area (Å²) in [6.07, 6.45) is 4.56. The summed E-state index contributed by atoms with van der Waals surface area (Å²) in [5, 5.41) is 6.63. The van der Waals surface area contributed by atoms with E-state index < -0.39 is 0 Å². The van der Waals surface area contributed by atoms with Crippen LogP contribution in [0, 0.1) is 5.82 Å². The van der Waals surface area contributed by atoms with Crippen molar-refractivity contribution >= 4 is 17.7 Å². The highest BCUT2D eigenvalue weighted by Gasteiger charge is 2.26. The largest absolute Gasteiger partial charge is 0.356 e. The number of hydrogen-bond acceptors (Lipinski definition) is 4. The van der Waals surface area contributed by atoms with Crippen molar-refractivity contribution in [2.45, 2.75) is 32.2 Å². The molecule has 144 valence electrons. The van der Waals surface area contributed by atoms with Crippen LogP contribution in [0.4, 0.5) is 10.2 Å². The van der Waals surface area contributed by atoms with E-state index in [4.69, 9.17) is 0 Å². The Bertz CT molecular complexity index is 621. The molecule has 8 heteroatoms. The standard InChI is InChI=1S/C18H29FN6O/c1-4-5-9-21-18(22-12-16(26)24(2)3)23-14-8-11-25(13-14)17-15(19)7-6-10-20-17/h6-7,10,14H,4-5,8-9,11-13H2,1-3H3,(H2,21,22,23). The van der Waals surface area contributed by atoms with Gasteiger partial charge in [0.05, 0.1) is 0 Å². The molecular formula is C18H29FN6O. The zero-order chi connectivity index (χ0) is 18.9. The molecule has 7 nitrogen and oxygen atoms in total. The Balaban J connectivity index is 1.95. The lowest BCUT2D eigenvalue weighted by Crippen LogP contribution is -2.45. The van der Waals surface area contributed by atoms with E-state index in [1.807, 2.05) is 4.90 Å². The van der Waals surface area contributed by atoms with Gasteiger partial charge in [-0.05, 0) is 25.0 Å². The van der Waals surface area contributed by atoms with E-state index in [0.29, 0.717) is 18.3 Å². The van der Waals surface area contributed by atoms with Gasteiger partial charge in [-0.1, -0.05) is 13.3 Å². The van der Waals surface area contributed by atoms with E-state index >= 15 is 0 Å². The number of likely N-dealkylation sites (N-methyl/N-ethyl adjacent to an activating group) is 1. The number of unbranched alkanes of at least 4 members (excludes halogenated alkanes) is 1. The number of halogens is 1. The minimum Gasteiger partial charge on any atom is -0.356 e. The van der Waals surface area contributed by atoms with Crippen LogP contribution in [0.15, 0.2) is 23.3 Å². The molecule has 0 aliphatic carbocycles. The number of aromatic nitrogens is 1. The van der Waals surface area contributed by atoms with Gasteiger partial charge in [0, 0.05) is 46.0 Å². The first-order valence-corrected chi connectivity index (χ1v) is 9.11. The number of anilines is 1. The Labute approximate surface area is 154 Å². The van der Waals surface area contributed by atoms with Crippen molar-refractivity contribution in [3.05, 3.63) is 24.1 Å². The van der Waals surface area contributed by atoms with Gasteiger partial charge in [-0.3, -0.25) is 4.79 Å². The van der Waals surface area contributed by atoms with E-state index in [-0.39, 0.29) is 24.3 Å². The van der Waals surface area contributed by atoms with E-state index in [1.54, 1.807) is 26.4 Å². The monoisotopic (exact) mass is 364 g/mol. The van der Waals surface area contributed by atoms with Crippen LogP contribution in [-0.2, 0) is 4.79 Å². The molecule has 0 saturated carbocycles. The number of aliphatic imine (C=N–C) groups is 1. The molecule has 2 rings (SSSR count). The van der Waals surface area contributed by atoms with Crippen molar-refractivity contribution in [2.24, 2.45) is 4.99 Å². The second-order valence-corrected chi connectivity index (χ2v) is 6.62. The Morgan fingerprint density at radius 3 is 3.00 bits per heavy atom. The maximum atomic E-state index is 13.9. The third-order valence-corrected chi connectivity index (χ3v) is 4.26. The summed E-state index contributed by atoms with van der Waals surface area (Å²) in [4.78, 5) is 23.8. The highest BCUT2D eigenvalue weighted by molar-refractivity contribution is 5.85. The van der Waals surface area contributed by atoms with Crippen molar-refractivity contribution in [2.75, 3.05) is 45.2 Å². The van der Waals surface area contributed by atoms with Crippen LogP contribution in [0.25, 0.3) is 0 Å². The van der Waals surface area contributed by atoms with Gasteiger partial charge in [-0.2, -0.15) is 0 Å². The second-order valence-electron chi connectivity index (χ2n) is 6.62. The first-order chi connectivity index (χ1) is 12.5. The van der Waals surface area contributed by atoms with E-state index in [1.165, 1.54) is 11.0 Å². The molecule has 26 heavy (non-hydrogen) atoms. The molecule has 0 radical (unpaired) electrons. The first-order valence-electron chi connectivity index (χ1n) is 9.11. The Hall–Kier alpha value is -2.38. The lowest BCUT2D eigenvalue weighted by molar-refractivity contribution is -0.127. The number of carbonyl (C=O) groups is 1. The number of carbonyl (C=O) groups excluding carboxylic acids is 1.